The minimum atomic E-state index is -0.296. The van der Waals surface area contributed by atoms with E-state index in [0.717, 1.165) is 5.56 Å². The predicted octanol–water partition coefficient (Wildman–Crippen LogP) is 1.88. The number of rotatable bonds is 5. The zero-order valence-corrected chi connectivity index (χ0v) is 12.7. The van der Waals surface area contributed by atoms with Crippen LogP contribution in [0.25, 0.3) is 0 Å². The van der Waals surface area contributed by atoms with Crippen LogP contribution in [-0.2, 0) is 0 Å². The van der Waals surface area contributed by atoms with Gasteiger partial charge >= 0.3 is 0 Å². The lowest BCUT2D eigenvalue weighted by Gasteiger charge is -2.28. The summed E-state index contributed by atoms with van der Waals surface area (Å²) in [5.41, 5.74) is 1.65. The van der Waals surface area contributed by atoms with Crippen molar-refractivity contribution in [2.75, 3.05) is 13.7 Å². The average Bonchev–Trinajstić information content (AvgIpc) is 2.51. The van der Waals surface area contributed by atoms with Gasteiger partial charge in [0.1, 0.15) is 0 Å². The van der Waals surface area contributed by atoms with E-state index in [1.807, 2.05) is 30.3 Å². The molecular formula is C17H20N2O3. The number of carbonyl (C=O) groups excluding carboxylic acids is 1. The summed E-state index contributed by atoms with van der Waals surface area (Å²) < 4.78 is 0. The molecule has 2 rings (SSSR count). The molecule has 1 amide bonds. The number of aliphatic hydroxyl groups excluding tert-OH is 1. The SMILES string of the molecule is Cc1cc(C(=O)N(C)C(CCO)c2ccccc2)cc(=O)[nH]1. The monoisotopic (exact) mass is 300 g/mol. The Kier molecular flexibility index (Phi) is 5.12. The molecule has 0 bridgehead atoms. The van der Waals surface area contributed by atoms with Gasteiger partial charge < -0.3 is 15.0 Å². The molecule has 0 aliphatic heterocycles. The highest BCUT2D eigenvalue weighted by molar-refractivity contribution is 5.94. The largest absolute Gasteiger partial charge is 0.396 e. The number of amides is 1. The van der Waals surface area contributed by atoms with Gasteiger partial charge in [0.15, 0.2) is 0 Å². The first-order chi connectivity index (χ1) is 10.5. The van der Waals surface area contributed by atoms with E-state index in [1.54, 1.807) is 24.9 Å². The molecule has 116 valence electrons. The number of hydrogen-bond acceptors (Lipinski definition) is 3. The van der Waals surface area contributed by atoms with E-state index in [0.29, 0.717) is 17.7 Å². The minimum absolute atomic E-state index is 0.0222. The first-order valence-electron chi connectivity index (χ1n) is 7.17. The molecule has 0 radical (unpaired) electrons. The number of nitrogens with one attached hydrogen (secondary N) is 1. The summed E-state index contributed by atoms with van der Waals surface area (Å²) in [6.45, 7) is 1.71. The van der Waals surface area contributed by atoms with Gasteiger partial charge in [0.2, 0.25) is 5.56 Å². The molecule has 2 N–H and O–H groups in total. The average molecular weight is 300 g/mol. The molecule has 0 spiro atoms. The molecule has 0 fully saturated rings. The number of aliphatic hydroxyl groups is 1. The topological polar surface area (TPSA) is 73.4 Å². The number of benzene rings is 1. The van der Waals surface area contributed by atoms with Gasteiger partial charge in [-0.1, -0.05) is 30.3 Å². The molecule has 1 atom stereocenters. The summed E-state index contributed by atoms with van der Waals surface area (Å²) in [5, 5.41) is 9.29. The van der Waals surface area contributed by atoms with Crippen molar-refractivity contribution in [2.45, 2.75) is 19.4 Å². The molecule has 0 aliphatic carbocycles. The second-order valence-electron chi connectivity index (χ2n) is 5.27. The van der Waals surface area contributed by atoms with E-state index in [9.17, 15) is 14.7 Å². The lowest BCUT2D eigenvalue weighted by Crippen LogP contribution is -2.32. The second-order valence-corrected chi connectivity index (χ2v) is 5.27. The van der Waals surface area contributed by atoms with Gasteiger partial charge in [0, 0.05) is 31.0 Å². The number of pyridine rings is 1. The zero-order chi connectivity index (χ0) is 16.1. The summed E-state index contributed by atoms with van der Waals surface area (Å²) in [6.07, 6.45) is 0.439. The normalized spacial score (nSPS) is 12.0. The summed E-state index contributed by atoms with van der Waals surface area (Å²) >= 11 is 0. The number of aromatic amines is 1. The van der Waals surface area contributed by atoms with Crippen LogP contribution in [0.5, 0.6) is 0 Å². The van der Waals surface area contributed by atoms with Crippen LogP contribution >= 0.6 is 0 Å². The third-order valence-electron chi connectivity index (χ3n) is 3.60. The zero-order valence-electron chi connectivity index (χ0n) is 12.7. The van der Waals surface area contributed by atoms with E-state index in [-0.39, 0.29) is 24.1 Å². The maximum atomic E-state index is 12.6. The lowest BCUT2D eigenvalue weighted by atomic mass is 10.0. The molecule has 0 aliphatic rings. The van der Waals surface area contributed by atoms with Crippen LogP contribution < -0.4 is 5.56 Å². The van der Waals surface area contributed by atoms with Crippen LogP contribution in [-0.4, -0.2) is 34.6 Å². The third-order valence-corrected chi connectivity index (χ3v) is 3.60. The molecule has 1 aromatic carbocycles. The van der Waals surface area contributed by atoms with Crippen LogP contribution in [0.2, 0.25) is 0 Å². The van der Waals surface area contributed by atoms with E-state index in [1.165, 1.54) is 6.07 Å². The molecular weight excluding hydrogens is 280 g/mol. The predicted molar refractivity (Wildman–Crippen MR) is 84.8 cm³/mol. The molecule has 22 heavy (non-hydrogen) atoms. The number of nitrogens with zero attached hydrogens (tertiary/aromatic N) is 1. The van der Waals surface area contributed by atoms with Crippen LogP contribution in [0.3, 0.4) is 0 Å². The minimum Gasteiger partial charge on any atom is -0.396 e. The molecule has 5 heteroatoms. The van der Waals surface area contributed by atoms with Crippen molar-refractivity contribution in [2.24, 2.45) is 0 Å². The highest BCUT2D eigenvalue weighted by atomic mass is 16.3. The number of H-pyrrole nitrogens is 1. The summed E-state index contributed by atoms with van der Waals surface area (Å²) in [5.74, 6) is -0.239. The molecule has 0 saturated heterocycles. The van der Waals surface area contributed by atoms with E-state index in [2.05, 4.69) is 4.98 Å². The first-order valence-corrected chi connectivity index (χ1v) is 7.17. The molecule has 1 aromatic heterocycles. The fourth-order valence-corrected chi connectivity index (χ4v) is 2.53. The van der Waals surface area contributed by atoms with E-state index < -0.39 is 0 Å². The van der Waals surface area contributed by atoms with Crippen molar-refractivity contribution in [1.29, 1.82) is 0 Å². The smallest absolute Gasteiger partial charge is 0.254 e. The Bertz CT molecular complexity index is 695. The van der Waals surface area contributed by atoms with Crippen LogP contribution in [0.4, 0.5) is 0 Å². The Morgan fingerprint density at radius 2 is 1.95 bits per heavy atom. The standard InChI is InChI=1S/C17H20N2O3/c1-12-10-14(11-16(21)18-12)17(22)19(2)15(8-9-20)13-6-4-3-5-7-13/h3-7,10-11,15,20H,8-9H2,1-2H3,(H,18,21). The Hall–Kier alpha value is -2.40. The number of carbonyl (C=O) groups is 1. The van der Waals surface area contributed by atoms with Crippen molar-refractivity contribution >= 4 is 5.91 Å². The van der Waals surface area contributed by atoms with Gasteiger partial charge in [-0.15, -0.1) is 0 Å². The van der Waals surface area contributed by atoms with Crippen molar-refractivity contribution in [3.63, 3.8) is 0 Å². The third kappa shape index (κ3) is 3.62. The molecule has 2 aromatic rings. The molecule has 0 saturated carbocycles. The Balaban J connectivity index is 2.32. The lowest BCUT2D eigenvalue weighted by molar-refractivity contribution is 0.0705. The van der Waals surface area contributed by atoms with Crippen LogP contribution in [0.15, 0.2) is 47.3 Å². The first kappa shape index (κ1) is 16.0. The Labute approximate surface area is 129 Å². The van der Waals surface area contributed by atoms with Gasteiger partial charge in [0.05, 0.1) is 6.04 Å². The summed E-state index contributed by atoms with van der Waals surface area (Å²) in [7, 11) is 1.69. The molecule has 1 unspecified atom stereocenters. The van der Waals surface area contributed by atoms with Gasteiger partial charge in [-0.2, -0.15) is 0 Å². The van der Waals surface area contributed by atoms with Crippen molar-refractivity contribution in [1.82, 2.24) is 9.88 Å². The van der Waals surface area contributed by atoms with Gasteiger partial charge in [-0.25, -0.2) is 0 Å². The van der Waals surface area contributed by atoms with Crippen molar-refractivity contribution in [3.05, 3.63) is 69.6 Å². The van der Waals surface area contributed by atoms with Crippen LogP contribution in [0.1, 0.15) is 34.1 Å². The fraction of sp³-hybridized carbons (Fsp3) is 0.294. The molecule has 5 nitrogen and oxygen atoms in total. The van der Waals surface area contributed by atoms with Crippen molar-refractivity contribution < 1.29 is 9.90 Å². The molecule has 1 heterocycles. The quantitative estimate of drug-likeness (QED) is 0.885. The number of aryl methyl sites for hydroxylation is 1. The number of aromatic nitrogens is 1. The van der Waals surface area contributed by atoms with Gasteiger partial charge in [-0.05, 0) is 25.0 Å². The van der Waals surface area contributed by atoms with Gasteiger partial charge in [-0.3, -0.25) is 9.59 Å². The van der Waals surface area contributed by atoms with E-state index >= 15 is 0 Å². The van der Waals surface area contributed by atoms with Gasteiger partial charge in [0.25, 0.3) is 5.91 Å². The highest BCUT2D eigenvalue weighted by Crippen LogP contribution is 2.24. The summed E-state index contributed by atoms with van der Waals surface area (Å²) in [6, 6.07) is 12.3. The Morgan fingerprint density at radius 1 is 1.27 bits per heavy atom. The van der Waals surface area contributed by atoms with Crippen molar-refractivity contribution in [3.8, 4) is 0 Å². The second kappa shape index (κ2) is 7.04. The highest BCUT2D eigenvalue weighted by Gasteiger charge is 2.22. The maximum Gasteiger partial charge on any atom is 0.254 e. The summed E-state index contributed by atoms with van der Waals surface area (Å²) in [4.78, 5) is 28.4. The van der Waals surface area contributed by atoms with E-state index in [4.69, 9.17) is 0 Å². The fourth-order valence-electron chi connectivity index (χ4n) is 2.53. The Morgan fingerprint density at radius 3 is 2.55 bits per heavy atom. The van der Waals surface area contributed by atoms with Crippen LogP contribution in [0, 0.1) is 6.92 Å². The maximum absolute atomic E-state index is 12.6. The number of hydrogen-bond donors (Lipinski definition) is 2.